The molecule has 0 aliphatic heterocycles. The highest BCUT2D eigenvalue weighted by Crippen LogP contribution is 2.13. The van der Waals surface area contributed by atoms with E-state index in [1.165, 1.54) is 9.58 Å². The first-order valence-electron chi connectivity index (χ1n) is 9.92. The molecule has 0 aliphatic carbocycles. The van der Waals surface area contributed by atoms with Gasteiger partial charge < -0.3 is 10.2 Å². The molecule has 4 N–H and O–H groups in total. The van der Waals surface area contributed by atoms with Crippen LogP contribution in [-0.2, 0) is 6.54 Å². The third-order valence-electron chi connectivity index (χ3n) is 4.43. The third kappa shape index (κ3) is 6.79. The quantitative estimate of drug-likeness (QED) is 0.275. The van der Waals surface area contributed by atoms with Gasteiger partial charge >= 0.3 is 0 Å². The lowest BCUT2D eigenvalue weighted by atomic mass is 10.1. The molecule has 1 aromatic heterocycles. The summed E-state index contributed by atoms with van der Waals surface area (Å²) < 4.78 is 1.37. The van der Waals surface area contributed by atoms with E-state index in [1.54, 1.807) is 24.3 Å². The minimum atomic E-state index is -0.443. The van der Waals surface area contributed by atoms with E-state index in [0.29, 0.717) is 34.9 Å². The Balaban J connectivity index is 2.10. The van der Waals surface area contributed by atoms with Gasteiger partial charge in [0.25, 0.3) is 11.5 Å². The van der Waals surface area contributed by atoms with Crippen molar-refractivity contribution in [2.75, 3.05) is 27.2 Å². The van der Waals surface area contributed by atoms with Crippen LogP contribution >= 0.6 is 12.2 Å². The number of quaternary nitrogens is 1. The number of rotatable bonds is 8. The predicted molar refractivity (Wildman–Crippen MR) is 119 cm³/mol. The number of nitrogens with one attached hydrogen (secondary N) is 4. The Bertz CT molecular complexity index is 909. The molecule has 0 bridgehead atoms. The van der Waals surface area contributed by atoms with Gasteiger partial charge in [0.2, 0.25) is 0 Å². The number of thiocarbonyl (C=S) groups is 1. The standard InChI is InChI=1S/C20H30N6O2S/c1-14(2)10-13-26-19(28)16-9-6-5-8-15(16)17(24-26)18(27)22-23-20(29)21-11-7-12-25(3)4/h5-6,8-9,14H,7,10-13H2,1-4H3,(H,22,27)(H2,21,23,29)/p+1. The van der Waals surface area contributed by atoms with Gasteiger partial charge in [0, 0.05) is 24.9 Å². The molecule has 0 saturated heterocycles. The first kappa shape index (κ1) is 22.8. The van der Waals surface area contributed by atoms with Gasteiger partial charge in [-0.3, -0.25) is 20.4 Å². The molecule has 0 spiro atoms. The van der Waals surface area contributed by atoms with Gasteiger partial charge in [-0.1, -0.05) is 32.0 Å². The smallest absolute Gasteiger partial charge is 0.290 e. The van der Waals surface area contributed by atoms with E-state index < -0.39 is 5.91 Å². The number of carbonyl (C=O) groups excluding carboxylic acids is 1. The van der Waals surface area contributed by atoms with E-state index in [9.17, 15) is 9.59 Å². The number of aromatic nitrogens is 2. The second-order valence-corrected chi connectivity index (χ2v) is 8.16. The maximum Gasteiger partial charge on any atom is 0.290 e. The molecule has 2 rings (SSSR count). The first-order valence-corrected chi connectivity index (χ1v) is 10.3. The molecule has 2 aromatic rings. The molecule has 0 saturated carbocycles. The minimum absolute atomic E-state index is 0.189. The van der Waals surface area contributed by atoms with E-state index in [2.05, 4.69) is 49.2 Å². The zero-order chi connectivity index (χ0) is 21.4. The van der Waals surface area contributed by atoms with Crippen LogP contribution in [0.4, 0.5) is 0 Å². The van der Waals surface area contributed by atoms with Gasteiger partial charge in [0.05, 0.1) is 26.0 Å². The maximum atomic E-state index is 12.7. The third-order valence-corrected chi connectivity index (χ3v) is 4.68. The summed E-state index contributed by atoms with van der Waals surface area (Å²) in [5.41, 5.74) is 5.28. The molecule has 8 nitrogen and oxygen atoms in total. The SMILES string of the molecule is CC(C)CCn1nc(C(=O)NNC(=S)NCCC[NH+](C)C)c2ccccc2c1=O. The summed E-state index contributed by atoms with van der Waals surface area (Å²) in [7, 11) is 4.18. The number of benzene rings is 1. The van der Waals surface area contributed by atoms with Crippen LogP contribution < -0.4 is 26.6 Å². The van der Waals surface area contributed by atoms with Gasteiger partial charge in [-0.05, 0) is 30.6 Å². The molecule has 0 radical (unpaired) electrons. The average Bonchev–Trinajstić information content (AvgIpc) is 2.68. The van der Waals surface area contributed by atoms with Crippen molar-refractivity contribution in [1.29, 1.82) is 0 Å². The fourth-order valence-electron chi connectivity index (χ4n) is 2.80. The Morgan fingerprint density at radius 3 is 2.55 bits per heavy atom. The van der Waals surface area contributed by atoms with Crippen LogP contribution in [0.5, 0.6) is 0 Å². The van der Waals surface area contributed by atoms with Gasteiger partial charge in [0.1, 0.15) is 0 Å². The van der Waals surface area contributed by atoms with Crippen LogP contribution in [0.1, 0.15) is 37.2 Å². The topological polar surface area (TPSA) is 92.5 Å². The molecule has 9 heteroatoms. The van der Waals surface area contributed by atoms with E-state index in [1.807, 2.05) is 0 Å². The highest BCUT2D eigenvalue weighted by Gasteiger charge is 2.17. The van der Waals surface area contributed by atoms with E-state index in [-0.39, 0.29) is 11.3 Å². The second kappa shape index (κ2) is 10.9. The molecule has 0 fully saturated rings. The summed E-state index contributed by atoms with van der Waals surface area (Å²) in [5.74, 6) is -0.0203. The number of carbonyl (C=O) groups is 1. The number of fused-ring (bicyclic) bond motifs is 1. The summed E-state index contributed by atoms with van der Waals surface area (Å²) in [5, 5.41) is 8.71. The summed E-state index contributed by atoms with van der Waals surface area (Å²) in [6, 6.07) is 7.01. The largest absolute Gasteiger partial charge is 0.361 e. The molecule has 0 aliphatic rings. The number of hydrogen-bond donors (Lipinski definition) is 4. The Morgan fingerprint density at radius 1 is 1.21 bits per heavy atom. The number of aryl methyl sites for hydroxylation is 1. The molecule has 1 aromatic carbocycles. The van der Waals surface area contributed by atoms with E-state index in [4.69, 9.17) is 12.2 Å². The van der Waals surface area contributed by atoms with Crippen molar-refractivity contribution in [1.82, 2.24) is 25.9 Å². The van der Waals surface area contributed by atoms with Crippen LogP contribution in [-0.4, -0.2) is 48.0 Å². The van der Waals surface area contributed by atoms with Crippen molar-refractivity contribution >= 4 is 34.0 Å². The monoisotopic (exact) mass is 419 g/mol. The lowest BCUT2D eigenvalue weighted by Crippen LogP contribution is -3.05. The van der Waals surface area contributed by atoms with Crippen LogP contribution in [0.2, 0.25) is 0 Å². The van der Waals surface area contributed by atoms with Crippen LogP contribution in [0, 0.1) is 5.92 Å². The van der Waals surface area contributed by atoms with Crippen molar-refractivity contribution in [3.05, 3.63) is 40.3 Å². The van der Waals surface area contributed by atoms with Crippen molar-refractivity contribution in [3.63, 3.8) is 0 Å². The molecule has 1 heterocycles. The predicted octanol–water partition coefficient (Wildman–Crippen LogP) is 0.0861. The van der Waals surface area contributed by atoms with Gasteiger partial charge in [-0.2, -0.15) is 5.10 Å². The molecule has 0 atom stereocenters. The summed E-state index contributed by atoms with van der Waals surface area (Å²) >= 11 is 5.19. The Hall–Kier alpha value is -2.52. The van der Waals surface area contributed by atoms with Crippen LogP contribution in [0.3, 0.4) is 0 Å². The lowest BCUT2D eigenvalue weighted by molar-refractivity contribution is -0.858. The van der Waals surface area contributed by atoms with Crippen molar-refractivity contribution in [2.45, 2.75) is 33.2 Å². The Labute approximate surface area is 176 Å². The number of nitrogens with zero attached hydrogens (tertiary/aromatic N) is 2. The maximum absolute atomic E-state index is 12.7. The minimum Gasteiger partial charge on any atom is -0.361 e. The number of hydrogen-bond acceptors (Lipinski definition) is 4. The highest BCUT2D eigenvalue weighted by atomic mass is 32.1. The first-order chi connectivity index (χ1) is 13.8. The van der Waals surface area contributed by atoms with Crippen LogP contribution in [0.25, 0.3) is 10.8 Å². The van der Waals surface area contributed by atoms with Crippen molar-refractivity contribution in [3.8, 4) is 0 Å². The lowest BCUT2D eigenvalue weighted by Gasteiger charge is -2.14. The zero-order valence-electron chi connectivity index (χ0n) is 17.5. The fraction of sp³-hybridized carbons (Fsp3) is 0.500. The Morgan fingerprint density at radius 2 is 1.90 bits per heavy atom. The molecule has 158 valence electrons. The van der Waals surface area contributed by atoms with Crippen molar-refractivity contribution < 1.29 is 9.69 Å². The molecule has 1 amide bonds. The molecular weight excluding hydrogens is 388 g/mol. The normalized spacial score (nSPS) is 11.1. The summed E-state index contributed by atoms with van der Waals surface area (Å²) in [4.78, 5) is 26.8. The molecule has 29 heavy (non-hydrogen) atoms. The van der Waals surface area contributed by atoms with Gasteiger partial charge in [0.15, 0.2) is 10.8 Å². The second-order valence-electron chi connectivity index (χ2n) is 7.75. The van der Waals surface area contributed by atoms with Gasteiger partial charge in [-0.25, -0.2) is 4.68 Å². The average molecular weight is 420 g/mol. The molecule has 0 unspecified atom stereocenters. The van der Waals surface area contributed by atoms with Crippen LogP contribution in [0.15, 0.2) is 29.1 Å². The van der Waals surface area contributed by atoms with E-state index >= 15 is 0 Å². The van der Waals surface area contributed by atoms with E-state index in [0.717, 1.165) is 19.4 Å². The fourth-order valence-corrected chi connectivity index (χ4v) is 2.95. The van der Waals surface area contributed by atoms with Crippen molar-refractivity contribution in [2.24, 2.45) is 5.92 Å². The molecular formula is C20H31N6O2S+. The van der Waals surface area contributed by atoms with Gasteiger partial charge in [-0.15, -0.1) is 0 Å². The number of hydrazine groups is 1. The number of amides is 1. The highest BCUT2D eigenvalue weighted by molar-refractivity contribution is 7.80. The Kier molecular flexibility index (Phi) is 8.53. The summed E-state index contributed by atoms with van der Waals surface area (Å²) in [6.45, 7) is 6.36. The summed E-state index contributed by atoms with van der Waals surface area (Å²) in [6.07, 6.45) is 1.76. The zero-order valence-corrected chi connectivity index (χ0v) is 18.4.